The number of carbonyl (C=O) groups is 2. The molecule has 5 nitrogen and oxygen atoms in total. The lowest BCUT2D eigenvalue weighted by Crippen LogP contribution is -2.06. The van der Waals surface area contributed by atoms with Crippen LogP contribution in [0.3, 0.4) is 0 Å². The van der Waals surface area contributed by atoms with Crippen molar-refractivity contribution in [3.05, 3.63) is 57.8 Å². The Morgan fingerprint density at radius 1 is 1.27 bits per heavy atom. The van der Waals surface area contributed by atoms with Gasteiger partial charge in [0, 0.05) is 22.3 Å². The molecule has 0 saturated carbocycles. The van der Waals surface area contributed by atoms with E-state index >= 15 is 0 Å². The number of hydrogen-bond acceptors (Lipinski definition) is 4. The predicted octanol–water partition coefficient (Wildman–Crippen LogP) is 4.91. The van der Waals surface area contributed by atoms with Crippen molar-refractivity contribution in [1.29, 1.82) is 0 Å². The second kappa shape index (κ2) is 7.40. The Morgan fingerprint density at radius 2 is 2.04 bits per heavy atom. The van der Waals surface area contributed by atoms with Gasteiger partial charge in [-0.3, -0.25) is 4.79 Å². The first-order valence-corrected chi connectivity index (χ1v) is 8.57. The topological polar surface area (TPSA) is 57.0 Å². The molecule has 0 unspecified atom stereocenters. The summed E-state index contributed by atoms with van der Waals surface area (Å²) in [6.07, 6.45) is 2.38. The largest absolute Gasteiger partial charge is 0.495 e. The minimum atomic E-state index is -0.544. The summed E-state index contributed by atoms with van der Waals surface area (Å²) in [6, 6.07) is 8.42. The van der Waals surface area contributed by atoms with E-state index in [0.717, 1.165) is 0 Å². The van der Waals surface area contributed by atoms with Gasteiger partial charge in [0.1, 0.15) is 5.75 Å². The van der Waals surface area contributed by atoms with Crippen molar-refractivity contribution >= 4 is 41.0 Å². The van der Waals surface area contributed by atoms with Crippen molar-refractivity contribution in [3.63, 3.8) is 0 Å². The summed E-state index contributed by atoms with van der Waals surface area (Å²) in [5.74, 6) is -0.224. The van der Waals surface area contributed by atoms with Gasteiger partial charge in [0.2, 0.25) is 0 Å². The van der Waals surface area contributed by atoms with E-state index in [1.807, 2.05) is 0 Å². The molecule has 0 saturated heterocycles. The lowest BCUT2D eigenvalue weighted by molar-refractivity contribution is 0.0529. The molecular weight excluding hydrogens is 377 g/mol. The van der Waals surface area contributed by atoms with Crippen LogP contribution in [0, 0.1) is 0 Å². The maximum Gasteiger partial charge on any atom is 0.340 e. The van der Waals surface area contributed by atoms with Crippen LogP contribution in [0.4, 0.5) is 0 Å². The van der Waals surface area contributed by atoms with Gasteiger partial charge in [0.05, 0.1) is 35.5 Å². The van der Waals surface area contributed by atoms with Crippen molar-refractivity contribution in [2.24, 2.45) is 0 Å². The average Bonchev–Trinajstić information content (AvgIpc) is 2.95. The minimum absolute atomic E-state index is 0.201. The van der Waals surface area contributed by atoms with Gasteiger partial charge in [-0.2, -0.15) is 0 Å². The molecule has 0 amide bonds. The SMILES string of the molecule is CCOC(=O)c1c(-c2cc(Cl)cc(Cl)c2OC)c(C=O)n2ccccc12. The second-order valence-electron chi connectivity index (χ2n) is 5.40. The average molecular weight is 392 g/mol. The quantitative estimate of drug-likeness (QED) is 0.457. The van der Waals surface area contributed by atoms with E-state index in [4.69, 9.17) is 32.7 Å². The monoisotopic (exact) mass is 391 g/mol. The Labute approximate surface area is 160 Å². The van der Waals surface area contributed by atoms with Crippen LogP contribution in [-0.4, -0.2) is 30.4 Å². The summed E-state index contributed by atoms with van der Waals surface area (Å²) < 4.78 is 12.3. The van der Waals surface area contributed by atoms with Gasteiger partial charge in [-0.15, -0.1) is 0 Å². The molecule has 2 heterocycles. The van der Waals surface area contributed by atoms with Crippen LogP contribution < -0.4 is 4.74 Å². The zero-order valence-electron chi connectivity index (χ0n) is 14.1. The van der Waals surface area contributed by atoms with Crippen LogP contribution in [0.25, 0.3) is 16.6 Å². The molecule has 1 aromatic carbocycles. The number of rotatable bonds is 5. The number of nitrogens with zero attached hydrogens (tertiary/aromatic N) is 1. The summed E-state index contributed by atoms with van der Waals surface area (Å²) in [7, 11) is 1.46. The third-order valence-corrected chi connectivity index (χ3v) is 4.45. The molecule has 0 N–H and O–H groups in total. The number of halogens is 2. The number of carbonyl (C=O) groups excluding carboxylic acids is 2. The molecule has 0 aliphatic carbocycles. The number of benzene rings is 1. The molecule has 2 aromatic heterocycles. The highest BCUT2D eigenvalue weighted by Gasteiger charge is 2.28. The Bertz CT molecular complexity index is 1010. The van der Waals surface area contributed by atoms with Crippen LogP contribution in [0.15, 0.2) is 36.5 Å². The number of ether oxygens (including phenoxy) is 2. The Kier molecular flexibility index (Phi) is 5.20. The van der Waals surface area contributed by atoms with E-state index in [0.29, 0.717) is 33.7 Å². The highest BCUT2D eigenvalue weighted by Crippen LogP contribution is 2.43. The summed E-state index contributed by atoms with van der Waals surface area (Å²) in [5.41, 5.74) is 1.89. The van der Waals surface area contributed by atoms with E-state index in [1.165, 1.54) is 13.2 Å². The fourth-order valence-corrected chi connectivity index (χ4v) is 3.56. The molecule has 0 bridgehead atoms. The van der Waals surface area contributed by atoms with Crippen molar-refractivity contribution in [2.75, 3.05) is 13.7 Å². The first-order valence-electron chi connectivity index (χ1n) is 7.82. The number of aromatic nitrogens is 1. The summed E-state index contributed by atoms with van der Waals surface area (Å²) in [6.45, 7) is 1.92. The Hall–Kier alpha value is -2.50. The maximum atomic E-state index is 12.7. The molecule has 0 spiro atoms. The number of pyridine rings is 1. The Balaban J connectivity index is 2.48. The fourth-order valence-electron chi connectivity index (χ4n) is 2.99. The smallest absolute Gasteiger partial charge is 0.340 e. The molecule has 0 aliphatic rings. The molecule has 0 atom stereocenters. The van der Waals surface area contributed by atoms with Gasteiger partial charge in [0.15, 0.2) is 6.29 Å². The lowest BCUT2D eigenvalue weighted by atomic mass is 9.99. The van der Waals surface area contributed by atoms with E-state index in [1.54, 1.807) is 41.8 Å². The molecule has 0 radical (unpaired) electrons. The van der Waals surface area contributed by atoms with Crippen molar-refractivity contribution in [2.45, 2.75) is 6.92 Å². The summed E-state index contributed by atoms with van der Waals surface area (Å²) in [4.78, 5) is 24.6. The molecule has 0 aliphatic heterocycles. The van der Waals surface area contributed by atoms with Gasteiger partial charge < -0.3 is 13.9 Å². The lowest BCUT2D eigenvalue weighted by Gasteiger charge is -2.12. The second-order valence-corrected chi connectivity index (χ2v) is 6.24. The van der Waals surface area contributed by atoms with Crippen LogP contribution in [0.5, 0.6) is 5.75 Å². The zero-order chi connectivity index (χ0) is 18.8. The van der Waals surface area contributed by atoms with Gasteiger partial charge >= 0.3 is 5.97 Å². The van der Waals surface area contributed by atoms with E-state index in [-0.39, 0.29) is 22.9 Å². The van der Waals surface area contributed by atoms with Gasteiger partial charge in [-0.25, -0.2) is 4.79 Å². The molecule has 3 aromatic rings. The number of methoxy groups -OCH3 is 1. The highest BCUT2D eigenvalue weighted by atomic mass is 35.5. The van der Waals surface area contributed by atoms with E-state index in [9.17, 15) is 9.59 Å². The summed E-state index contributed by atoms with van der Waals surface area (Å²) >= 11 is 12.4. The van der Waals surface area contributed by atoms with Crippen molar-refractivity contribution in [3.8, 4) is 16.9 Å². The van der Waals surface area contributed by atoms with Crippen LogP contribution in [0.2, 0.25) is 10.0 Å². The first kappa shape index (κ1) is 18.3. The predicted molar refractivity (Wildman–Crippen MR) is 101 cm³/mol. The van der Waals surface area contributed by atoms with Crippen LogP contribution in [0.1, 0.15) is 27.8 Å². The normalized spacial score (nSPS) is 10.8. The van der Waals surface area contributed by atoms with Crippen LogP contribution in [-0.2, 0) is 4.74 Å². The zero-order valence-corrected chi connectivity index (χ0v) is 15.6. The molecule has 134 valence electrons. The Morgan fingerprint density at radius 3 is 2.69 bits per heavy atom. The highest BCUT2D eigenvalue weighted by molar-refractivity contribution is 6.36. The van der Waals surface area contributed by atoms with Crippen molar-refractivity contribution < 1.29 is 19.1 Å². The van der Waals surface area contributed by atoms with Crippen molar-refractivity contribution in [1.82, 2.24) is 4.40 Å². The molecular formula is C19H15Cl2NO4. The van der Waals surface area contributed by atoms with Gasteiger partial charge in [-0.05, 0) is 31.2 Å². The maximum absolute atomic E-state index is 12.7. The molecule has 3 rings (SSSR count). The van der Waals surface area contributed by atoms with Gasteiger partial charge in [0.25, 0.3) is 0 Å². The van der Waals surface area contributed by atoms with E-state index < -0.39 is 5.97 Å². The molecule has 26 heavy (non-hydrogen) atoms. The fraction of sp³-hybridized carbons (Fsp3) is 0.158. The number of hydrogen-bond donors (Lipinski definition) is 0. The first-order chi connectivity index (χ1) is 12.5. The van der Waals surface area contributed by atoms with Gasteiger partial charge in [-0.1, -0.05) is 29.3 Å². The minimum Gasteiger partial charge on any atom is -0.495 e. The third-order valence-electron chi connectivity index (χ3n) is 3.95. The van der Waals surface area contributed by atoms with Crippen LogP contribution >= 0.6 is 23.2 Å². The standard InChI is InChI=1S/C19H15Cl2NO4/c1-3-26-19(24)17-14-6-4-5-7-22(14)15(10-23)16(17)12-8-11(20)9-13(21)18(12)25-2/h4-10H,3H2,1-2H3. The number of aldehydes is 1. The summed E-state index contributed by atoms with van der Waals surface area (Å²) in [5, 5.41) is 0.629. The number of fused-ring (bicyclic) bond motifs is 1. The van der Waals surface area contributed by atoms with E-state index in [2.05, 4.69) is 0 Å². The molecule has 0 fully saturated rings. The third kappa shape index (κ3) is 2.93. The molecule has 7 heteroatoms. The number of esters is 1.